The number of methoxy groups -OCH3 is 2. The number of benzene rings is 2. The number of hydrogen-bond acceptors (Lipinski definition) is 15. The number of ether oxygens (including phenoxy) is 7. The number of nitrogens with zero attached hydrogens (tertiary/aromatic N) is 7. The molecule has 2 amide bonds. The lowest BCUT2D eigenvalue weighted by molar-refractivity contribution is -0.117. The first kappa shape index (κ1) is 50.7. The van der Waals surface area contributed by atoms with E-state index in [1.165, 1.54) is 25.4 Å². The molecule has 17 heteroatoms. The van der Waals surface area contributed by atoms with Crippen molar-refractivity contribution in [2.45, 2.75) is 71.8 Å². The Morgan fingerprint density at radius 3 is 1.65 bits per heavy atom. The first-order chi connectivity index (χ1) is 33.5. The van der Waals surface area contributed by atoms with E-state index in [-0.39, 0.29) is 42.9 Å². The number of pyridine rings is 1. The fourth-order valence-corrected chi connectivity index (χ4v) is 8.63. The number of likely N-dealkylation sites (N-methyl/N-ethyl adjacent to an activating group) is 1. The lowest BCUT2D eigenvalue weighted by Crippen LogP contribution is -2.35. The molecule has 370 valence electrons. The van der Waals surface area contributed by atoms with E-state index in [1.54, 1.807) is 31.2 Å². The molecule has 2 fully saturated rings. The van der Waals surface area contributed by atoms with Crippen molar-refractivity contribution in [1.82, 2.24) is 24.6 Å². The summed E-state index contributed by atoms with van der Waals surface area (Å²) >= 11 is 0. The van der Waals surface area contributed by atoms with Gasteiger partial charge in [0.15, 0.2) is 23.0 Å². The second kappa shape index (κ2) is 24.4. The van der Waals surface area contributed by atoms with Gasteiger partial charge in [-0.15, -0.1) is 0 Å². The Balaban J connectivity index is 1.08. The van der Waals surface area contributed by atoms with Crippen LogP contribution in [0.25, 0.3) is 0 Å². The molecule has 3 aromatic rings. The zero-order valence-electron chi connectivity index (χ0n) is 41.2. The molecular weight excluding hydrogens is 883 g/mol. The number of rotatable bonds is 25. The number of aliphatic imine (C=N–C) groups is 2. The minimum absolute atomic E-state index is 0.0232. The Morgan fingerprint density at radius 2 is 1.17 bits per heavy atom. The van der Waals surface area contributed by atoms with Gasteiger partial charge in [-0.3, -0.25) is 29.5 Å². The number of allylic oxidation sites excluding steroid dienone is 2. The first-order valence-corrected chi connectivity index (χ1v) is 23.8. The number of fused-ring (bicyclic) bond motifs is 4. The van der Waals surface area contributed by atoms with E-state index in [0.717, 1.165) is 25.8 Å². The summed E-state index contributed by atoms with van der Waals surface area (Å²) in [6.45, 7) is 12.1. The SMILES string of the molecule is C/C=C1\C[C@H]2C=Nc3cc(OCc4cc(OCCN(CCCC(C)=O)CCOCCOCCN(C)C)cc(COc5cc6c(cc5OC)C(=O)N5C/C(=C/C)C[C@H]5C=N6)n4)c(OC)cc3C(=O)N2C1. The van der Waals surface area contributed by atoms with Gasteiger partial charge in [-0.1, -0.05) is 23.3 Å². The van der Waals surface area contributed by atoms with Gasteiger partial charge in [0.25, 0.3) is 11.8 Å². The van der Waals surface area contributed by atoms with Crippen LogP contribution in [0.5, 0.6) is 28.7 Å². The van der Waals surface area contributed by atoms with Crippen molar-refractivity contribution in [1.29, 1.82) is 0 Å². The zero-order valence-corrected chi connectivity index (χ0v) is 41.2. The molecule has 2 aromatic carbocycles. The van der Waals surface area contributed by atoms with Crippen molar-refractivity contribution >= 4 is 41.4 Å². The number of carbonyl (C=O) groups excluding carboxylic acids is 3. The van der Waals surface area contributed by atoms with E-state index in [9.17, 15) is 14.4 Å². The van der Waals surface area contributed by atoms with Gasteiger partial charge in [-0.25, -0.2) is 0 Å². The fourth-order valence-electron chi connectivity index (χ4n) is 8.63. The maximum absolute atomic E-state index is 13.7. The summed E-state index contributed by atoms with van der Waals surface area (Å²) in [7, 11) is 7.10. The lowest BCUT2D eigenvalue weighted by atomic mass is 10.1. The number of hydrogen-bond donors (Lipinski definition) is 0. The maximum Gasteiger partial charge on any atom is 0.257 e. The molecule has 17 nitrogen and oxygen atoms in total. The van der Waals surface area contributed by atoms with E-state index >= 15 is 0 Å². The van der Waals surface area contributed by atoms with Gasteiger partial charge in [-0.2, -0.15) is 0 Å². The molecule has 0 spiro atoms. The molecular formula is C52H67N7O10. The van der Waals surface area contributed by atoms with Crippen molar-refractivity contribution in [3.8, 4) is 28.7 Å². The largest absolute Gasteiger partial charge is 0.493 e. The van der Waals surface area contributed by atoms with Crippen LogP contribution in [0.2, 0.25) is 0 Å². The third-order valence-electron chi connectivity index (χ3n) is 12.6. The second-order valence-electron chi connectivity index (χ2n) is 17.8. The molecule has 1 aromatic heterocycles. The third-order valence-corrected chi connectivity index (χ3v) is 12.6. The summed E-state index contributed by atoms with van der Waals surface area (Å²) in [5.41, 5.74) is 5.39. The van der Waals surface area contributed by atoms with Crippen LogP contribution in [0.3, 0.4) is 0 Å². The highest BCUT2D eigenvalue weighted by Gasteiger charge is 2.36. The van der Waals surface area contributed by atoms with Crippen LogP contribution in [0, 0.1) is 0 Å². The topological polar surface area (TPSA) is 166 Å². The molecule has 4 aliphatic rings. The molecule has 2 saturated heterocycles. The minimum Gasteiger partial charge on any atom is -0.493 e. The van der Waals surface area contributed by atoms with Gasteiger partial charge in [0.2, 0.25) is 0 Å². The van der Waals surface area contributed by atoms with Gasteiger partial charge in [0.05, 0.1) is 86.6 Å². The number of aromatic nitrogens is 1. The quantitative estimate of drug-likeness (QED) is 0.0655. The minimum atomic E-state index is -0.117. The molecule has 2 atom stereocenters. The number of carbonyl (C=O) groups is 3. The average Bonchev–Trinajstić information content (AvgIpc) is 3.91. The Hall–Kier alpha value is -6.14. The second-order valence-corrected chi connectivity index (χ2v) is 17.8. The van der Waals surface area contributed by atoms with Gasteiger partial charge in [0.1, 0.15) is 31.4 Å². The Morgan fingerprint density at radius 1 is 0.667 bits per heavy atom. The van der Waals surface area contributed by atoms with Crippen molar-refractivity contribution in [2.24, 2.45) is 9.98 Å². The number of amides is 2. The monoisotopic (exact) mass is 949 g/mol. The molecule has 0 bridgehead atoms. The molecule has 0 saturated carbocycles. The summed E-state index contributed by atoms with van der Waals surface area (Å²) in [6, 6.07) is 10.3. The number of ketones is 1. The van der Waals surface area contributed by atoms with Crippen LogP contribution < -0.4 is 23.7 Å². The van der Waals surface area contributed by atoms with Gasteiger partial charge in [-0.05, 0) is 72.8 Å². The smallest absolute Gasteiger partial charge is 0.257 e. The highest BCUT2D eigenvalue weighted by molar-refractivity contribution is 6.04. The molecule has 0 aliphatic carbocycles. The molecule has 4 aliphatic heterocycles. The predicted octanol–water partition coefficient (Wildman–Crippen LogP) is 6.66. The van der Waals surface area contributed by atoms with Crippen LogP contribution in [0.1, 0.15) is 78.6 Å². The van der Waals surface area contributed by atoms with Gasteiger partial charge < -0.3 is 52.7 Å². The summed E-state index contributed by atoms with van der Waals surface area (Å²) in [5.74, 6) is 2.07. The highest BCUT2D eigenvalue weighted by Crippen LogP contribution is 2.41. The van der Waals surface area contributed by atoms with Crippen molar-refractivity contribution in [3.63, 3.8) is 0 Å². The van der Waals surface area contributed by atoms with Crippen molar-refractivity contribution < 1.29 is 47.5 Å². The first-order valence-electron chi connectivity index (χ1n) is 23.8. The van der Waals surface area contributed by atoms with Crippen LogP contribution in [-0.2, 0) is 27.5 Å². The summed E-state index contributed by atoms with van der Waals surface area (Å²) < 4.78 is 42.3. The number of Topliss-reactive ketones (excluding diaryl/α,β-unsaturated/α-hetero) is 1. The van der Waals surface area contributed by atoms with Crippen molar-refractivity contribution in [2.75, 3.05) is 101 Å². The Kier molecular flexibility index (Phi) is 18.0. The summed E-state index contributed by atoms with van der Waals surface area (Å²) in [5, 5.41) is 0. The Labute approximate surface area is 405 Å². The molecule has 7 rings (SSSR count). The predicted molar refractivity (Wildman–Crippen MR) is 264 cm³/mol. The van der Waals surface area contributed by atoms with Gasteiger partial charge >= 0.3 is 0 Å². The molecule has 5 heterocycles. The van der Waals surface area contributed by atoms with Crippen LogP contribution in [0.4, 0.5) is 11.4 Å². The van der Waals surface area contributed by atoms with Crippen LogP contribution in [-0.4, -0.2) is 167 Å². The summed E-state index contributed by atoms with van der Waals surface area (Å²) in [6.07, 6.45) is 10.5. The maximum atomic E-state index is 13.7. The molecule has 0 radical (unpaired) electrons. The van der Waals surface area contributed by atoms with Crippen LogP contribution in [0.15, 0.2) is 69.7 Å². The summed E-state index contributed by atoms with van der Waals surface area (Å²) in [4.78, 5) is 61.6. The molecule has 0 N–H and O–H groups in total. The molecule has 69 heavy (non-hydrogen) atoms. The average molecular weight is 950 g/mol. The van der Waals surface area contributed by atoms with Crippen molar-refractivity contribution in [3.05, 3.63) is 82.2 Å². The van der Waals surface area contributed by atoms with Crippen LogP contribution >= 0.6 is 0 Å². The van der Waals surface area contributed by atoms with E-state index in [0.29, 0.717) is 135 Å². The van der Waals surface area contributed by atoms with E-state index in [1.807, 2.05) is 62.3 Å². The van der Waals surface area contributed by atoms with E-state index in [2.05, 4.69) is 22.0 Å². The van der Waals surface area contributed by atoms with Gasteiger partial charge in [0, 0.05) is 75.8 Å². The highest BCUT2D eigenvalue weighted by atomic mass is 16.5. The normalized spacial score (nSPS) is 18.4. The zero-order chi connectivity index (χ0) is 48.9. The fraction of sp³-hybridized carbons (Fsp3) is 0.500. The standard InChI is InChI=1S/C52H67N7O10/c1-8-36-21-40-29-53-45-27-49(47(63-6)25-43(45)51(61)58(40)31-36)68-33-38-23-42(67-18-15-57(12-10-11-35(3)60)14-17-66-20-19-65-16-13-56(4)5)24-39(55-38)34-69-50-28-46-44(26-48(50)64-7)52(62)59-32-37(9-2)22-41(59)30-54-46/h8-9,23-30,40-41H,10-22,31-34H2,1-7H3/b36-8+,37-9+/t40-,41-/m0/s1. The lowest BCUT2D eigenvalue weighted by Gasteiger charge is -2.22. The van der Waals surface area contributed by atoms with E-state index < -0.39 is 0 Å². The van der Waals surface area contributed by atoms with E-state index in [4.69, 9.17) is 48.1 Å². The molecule has 0 unspecified atom stereocenters. The Bertz CT molecular complexity index is 2300. The third kappa shape index (κ3) is 13.3.